The fourth-order valence-electron chi connectivity index (χ4n) is 1.05. The molecule has 0 spiro atoms. The molecule has 0 radical (unpaired) electrons. The van der Waals surface area contributed by atoms with Gasteiger partial charge in [0.1, 0.15) is 0 Å². The third kappa shape index (κ3) is 3.92. The van der Waals surface area contributed by atoms with Crippen LogP contribution in [0.15, 0.2) is 30.3 Å². The zero-order valence-electron chi connectivity index (χ0n) is 7.97. The van der Waals surface area contributed by atoms with Gasteiger partial charge >= 0.3 is 5.97 Å². The van der Waals surface area contributed by atoms with Gasteiger partial charge in [-0.25, -0.2) is 4.79 Å². The molecule has 3 heteroatoms. The monoisotopic (exact) mass is 218 g/mol. The fraction of sp³-hybridized carbons (Fsp3) is 0.0833. The molecule has 0 amide bonds. The number of rotatable bonds is 2. The molecule has 0 fully saturated rings. The number of carbonyl (C=O) groups is 1. The van der Waals surface area contributed by atoms with E-state index in [-0.39, 0.29) is 0 Å². The van der Waals surface area contributed by atoms with Crippen LogP contribution in [0.3, 0.4) is 0 Å². The highest BCUT2D eigenvalue weighted by atomic mass is 32.1. The van der Waals surface area contributed by atoms with Crippen LogP contribution < -0.4 is 0 Å². The third-order valence-electron chi connectivity index (χ3n) is 1.67. The Kier molecular flexibility index (Phi) is 4.52. The summed E-state index contributed by atoms with van der Waals surface area (Å²) in [7, 11) is 0. The van der Waals surface area contributed by atoms with Crippen LogP contribution in [0.25, 0.3) is 6.08 Å². The maximum atomic E-state index is 10.4. The van der Waals surface area contributed by atoms with Gasteiger partial charge in [0.25, 0.3) is 0 Å². The number of aliphatic carboxylic acids is 1. The lowest BCUT2D eigenvalue weighted by Gasteiger charge is -1.96. The van der Waals surface area contributed by atoms with Crippen molar-refractivity contribution >= 4 is 24.7 Å². The number of hydrogen-bond donors (Lipinski definition) is 2. The molecule has 0 heterocycles. The Bertz CT molecular complexity index is 438. The van der Waals surface area contributed by atoms with Crippen molar-refractivity contribution in [2.45, 2.75) is 0 Å². The summed E-state index contributed by atoms with van der Waals surface area (Å²) in [6.45, 7) is 0. The van der Waals surface area contributed by atoms with Gasteiger partial charge in [0.15, 0.2) is 0 Å². The normalized spacial score (nSPS) is 9.67. The van der Waals surface area contributed by atoms with Crippen molar-refractivity contribution in [1.82, 2.24) is 0 Å². The van der Waals surface area contributed by atoms with E-state index >= 15 is 0 Å². The molecule has 0 aromatic heterocycles. The highest BCUT2D eigenvalue weighted by Gasteiger charge is 1.95. The SMILES string of the molecule is O=C(O)/C=C/c1ccccc1C#CCS. The number of hydrogen-bond acceptors (Lipinski definition) is 2. The van der Waals surface area contributed by atoms with E-state index in [2.05, 4.69) is 24.5 Å². The van der Waals surface area contributed by atoms with E-state index < -0.39 is 5.97 Å². The largest absolute Gasteiger partial charge is 0.478 e. The molecule has 0 bridgehead atoms. The van der Waals surface area contributed by atoms with E-state index in [4.69, 9.17) is 5.11 Å². The molecular formula is C12H10O2S. The van der Waals surface area contributed by atoms with Crippen LogP contribution in [0.4, 0.5) is 0 Å². The van der Waals surface area contributed by atoms with Crippen LogP contribution in [0.5, 0.6) is 0 Å². The van der Waals surface area contributed by atoms with Crippen molar-refractivity contribution in [3.8, 4) is 11.8 Å². The lowest BCUT2D eigenvalue weighted by atomic mass is 10.1. The zero-order chi connectivity index (χ0) is 11.1. The molecule has 1 N–H and O–H groups in total. The Morgan fingerprint density at radius 1 is 1.47 bits per heavy atom. The van der Waals surface area contributed by atoms with Crippen molar-refractivity contribution < 1.29 is 9.90 Å². The molecule has 0 aliphatic rings. The summed E-state index contributed by atoms with van der Waals surface area (Å²) >= 11 is 3.98. The summed E-state index contributed by atoms with van der Waals surface area (Å²) < 4.78 is 0. The van der Waals surface area contributed by atoms with Gasteiger partial charge in [-0.1, -0.05) is 30.0 Å². The standard InChI is InChI=1S/C12H10O2S/c13-12(14)8-7-11-5-2-1-4-10(11)6-3-9-15/h1-2,4-5,7-8,15H,9H2,(H,13,14)/b8-7+. The molecule has 0 saturated carbocycles. The predicted octanol–water partition coefficient (Wildman–Crippen LogP) is 2.07. The topological polar surface area (TPSA) is 37.3 Å². The first-order valence-electron chi connectivity index (χ1n) is 4.34. The quantitative estimate of drug-likeness (QED) is 0.453. The van der Waals surface area contributed by atoms with Gasteiger partial charge < -0.3 is 5.11 Å². The summed E-state index contributed by atoms with van der Waals surface area (Å²) in [5.41, 5.74) is 1.61. The van der Waals surface area contributed by atoms with E-state index in [1.54, 1.807) is 0 Å². The van der Waals surface area contributed by atoms with Gasteiger partial charge in [0, 0.05) is 11.6 Å². The number of carboxylic acids is 1. The molecule has 0 saturated heterocycles. The maximum absolute atomic E-state index is 10.4. The first-order valence-corrected chi connectivity index (χ1v) is 4.97. The van der Waals surface area contributed by atoms with E-state index in [0.29, 0.717) is 5.75 Å². The molecule has 0 aliphatic heterocycles. The summed E-state index contributed by atoms with van der Waals surface area (Å²) in [6.07, 6.45) is 2.63. The van der Waals surface area contributed by atoms with Crippen molar-refractivity contribution in [1.29, 1.82) is 0 Å². The number of thiol groups is 1. The molecule has 76 valence electrons. The third-order valence-corrected chi connectivity index (χ3v) is 1.83. The molecule has 0 aliphatic carbocycles. The Balaban J connectivity index is 3.01. The minimum atomic E-state index is -0.966. The lowest BCUT2D eigenvalue weighted by molar-refractivity contribution is -0.131. The van der Waals surface area contributed by atoms with Gasteiger partial charge in [-0.3, -0.25) is 0 Å². The second-order valence-electron chi connectivity index (χ2n) is 2.72. The second-order valence-corrected chi connectivity index (χ2v) is 3.03. The Labute approximate surface area is 94.0 Å². The first kappa shape index (κ1) is 11.4. The lowest BCUT2D eigenvalue weighted by Crippen LogP contribution is -1.87. The molecule has 2 nitrogen and oxygen atoms in total. The summed E-state index contributed by atoms with van der Waals surface area (Å²) in [5.74, 6) is 5.26. The van der Waals surface area contributed by atoms with Gasteiger partial charge in [0.2, 0.25) is 0 Å². The molecule has 1 aromatic rings. The molecule has 0 atom stereocenters. The molecule has 15 heavy (non-hydrogen) atoms. The van der Waals surface area contributed by atoms with E-state index in [1.807, 2.05) is 24.3 Å². The minimum Gasteiger partial charge on any atom is -0.478 e. The van der Waals surface area contributed by atoms with Gasteiger partial charge in [-0.15, -0.1) is 0 Å². The van der Waals surface area contributed by atoms with Gasteiger partial charge in [-0.2, -0.15) is 12.6 Å². The summed E-state index contributed by atoms with van der Waals surface area (Å²) in [5, 5.41) is 8.51. The number of carboxylic acid groups (broad SMARTS) is 1. The fourth-order valence-corrected chi connectivity index (χ4v) is 1.13. The first-order chi connectivity index (χ1) is 7.24. The zero-order valence-corrected chi connectivity index (χ0v) is 8.87. The van der Waals surface area contributed by atoms with E-state index in [9.17, 15) is 4.79 Å². The average Bonchev–Trinajstić information content (AvgIpc) is 2.24. The average molecular weight is 218 g/mol. The van der Waals surface area contributed by atoms with Crippen molar-refractivity contribution in [3.63, 3.8) is 0 Å². The highest BCUT2D eigenvalue weighted by molar-refractivity contribution is 7.80. The molecule has 1 aromatic carbocycles. The summed E-state index contributed by atoms with van der Waals surface area (Å²) in [4.78, 5) is 10.4. The van der Waals surface area contributed by atoms with Crippen molar-refractivity contribution in [3.05, 3.63) is 41.5 Å². The minimum absolute atomic E-state index is 0.483. The van der Waals surface area contributed by atoms with Crippen LogP contribution in [-0.4, -0.2) is 16.8 Å². The van der Waals surface area contributed by atoms with Crippen LogP contribution in [0, 0.1) is 11.8 Å². The molecule has 1 rings (SSSR count). The Morgan fingerprint density at radius 2 is 2.20 bits per heavy atom. The highest BCUT2D eigenvalue weighted by Crippen LogP contribution is 2.09. The molecule has 0 unspecified atom stereocenters. The predicted molar refractivity (Wildman–Crippen MR) is 63.8 cm³/mol. The smallest absolute Gasteiger partial charge is 0.328 e. The van der Waals surface area contributed by atoms with Crippen molar-refractivity contribution in [2.75, 3.05) is 5.75 Å². The number of benzene rings is 1. The van der Waals surface area contributed by atoms with Crippen LogP contribution in [0.2, 0.25) is 0 Å². The van der Waals surface area contributed by atoms with Gasteiger partial charge in [0.05, 0.1) is 5.75 Å². The maximum Gasteiger partial charge on any atom is 0.328 e. The van der Waals surface area contributed by atoms with Crippen LogP contribution >= 0.6 is 12.6 Å². The van der Waals surface area contributed by atoms with Crippen LogP contribution in [-0.2, 0) is 4.79 Å². The van der Waals surface area contributed by atoms with Crippen LogP contribution in [0.1, 0.15) is 11.1 Å². The van der Waals surface area contributed by atoms with Gasteiger partial charge in [-0.05, 0) is 17.7 Å². The Morgan fingerprint density at radius 3 is 2.87 bits per heavy atom. The van der Waals surface area contributed by atoms with E-state index in [1.165, 1.54) is 6.08 Å². The Hall–Kier alpha value is -1.66. The molecular weight excluding hydrogens is 208 g/mol. The second kappa shape index (κ2) is 5.94. The summed E-state index contributed by atoms with van der Waals surface area (Å²) in [6, 6.07) is 7.37. The van der Waals surface area contributed by atoms with E-state index in [0.717, 1.165) is 17.2 Å². The van der Waals surface area contributed by atoms with Crippen molar-refractivity contribution in [2.24, 2.45) is 0 Å².